The molecule has 2 rings (SSSR count). The average Bonchev–Trinajstić information content (AvgIpc) is 2.66. The first-order valence-corrected chi connectivity index (χ1v) is 6.59. The molecule has 84 valence electrons. The van der Waals surface area contributed by atoms with Crippen LogP contribution in [0.25, 0.3) is 10.6 Å². The van der Waals surface area contributed by atoms with Crippen LogP contribution in [0.1, 0.15) is 23.5 Å². The quantitative estimate of drug-likeness (QED) is 0.911. The van der Waals surface area contributed by atoms with E-state index in [0.717, 1.165) is 19.9 Å². The Bertz CT molecular complexity index is 507. The van der Waals surface area contributed by atoms with Gasteiger partial charge in [0.25, 0.3) is 0 Å². The first kappa shape index (κ1) is 11.8. The number of aromatic nitrogens is 1. The lowest BCUT2D eigenvalue weighted by Crippen LogP contribution is -1.83. The van der Waals surface area contributed by atoms with Crippen LogP contribution in [0, 0.1) is 6.92 Å². The van der Waals surface area contributed by atoms with Gasteiger partial charge in [0.05, 0.1) is 11.0 Å². The van der Waals surface area contributed by atoms with Gasteiger partial charge in [-0.25, -0.2) is 4.98 Å². The van der Waals surface area contributed by atoms with E-state index in [0.29, 0.717) is 0 Å². The second kappa shape index (κ2) is 4.65. The number of halogens is 1. The molecule has 0 bridgehead atoms. The lowest BCUT2D eigenvalue weighted by molar-refractivity contribution is 0.203. The molecule has 0 aliphatic rings. The molecule has 1 atom stereocenters. The number of nitrogens with zero attached hydrogens (tertiary/aromatic N) is 1. The lowest BCUT2D eigenvalue weighted by atomic mass is 10.2. The van der Waals surface area contributed by atoms with Crippen LogP contribution in [0.15, 0.2) is 28.9 Å². The summed E-state index contributed by atoms with van der Waals surface area (Å²) in [6, 6.07) is 6.17. The van der Waals surface area contributed by atoms with Gasteiger partial charge in [0.2, 0.25) is 0 Å². The van der Waals surface area contributed by atoms with Gasteiger partial charge in [0, 0.05) is 16.2 Å². The molecule has 0 radical (unpaired) electrons. The number of hydrogen-bond donors (Lipinski definition) is 1. The third kappa shape index (κ3) is 2.34. The predicted octanol–water partition coefficient (Wildman–Crippen LogP) is 3.93. The van der Waals surface area contributed by atoms with Gasteiger partial charge < -0.3 is 5.11 Å². The summed E-state index contributed by atoms with van der Waals surface area (Å²) in [6.45, 7) is 3.80. The van der Waals surface area contributed by atoms with Crippen molar-refractivity contribution in [1.29, 1.82) is 0 Å². The standard InChI is InChI=1S/C12H12BrNOS/c1-7-3-4-9(10(13)5-7)12-14-6-11(16-12)8(2)15/h3-6,8,15H,1-2H3. The summed E-state index contributed by atoms with van der Waals surface area (Å²) in [5, 5.41) is 10.4. The molecular formula is C12H12BrNOS. The topological polar surface area (TPSA) is 33.1 Å². The van der Waals surface area contributed by atoms with E-state index in [1.54, 1.807) is 13.1 Å². The zero-order chi connectivity index (χ0) is 11.7. The maximum absolute atomic E-state index is 9.46. The highest BCUT2D eigenvalue weighted by atomic mass is 79.9. The van der Waals surface area contributed by atoms with Gasteiger partial charge in [-0.3, -0.25) is 0 Å². The maximum Gasteiger partial charge on any atom is 0.124 e. The molecule has 1 aromatic heterocycles. The third-order valence-corrected chi connectivity index (χ3v) is 4.15. The van der Waals surface area contributed by atoms with Crippen LogP contribution in [-0.4, -0.2) is 10.1 Å². The van der Waals surface area contributed by atoms with Crippen molar-refractivity contribution in [3.63, 3.8) is 0 Å². The number of thiazole rings is 1. The SMILES string of the molecule is Cc1ccc(-c2ncc(C(C)O)s2)c(Br)c1. The monoisotopic (exact) mass is 297 g/mol. The molecule has 0 amide bonds. The molecule has 1 N–H and O–H groups in total. The molecule has 0 saturated carbocycles. The van der Waals surface area contributed by atoms with Crippen molar-refractivity contribution in [3.8, 4) is 10.6 Å². The summed E-state index contributed by atoms with van der Waals surface area (Å²) in [6.07, 6.45) is 1.28. The molecule has 1 heterocycles. The molecule has 0 aliphatic carbocycles. The van der Waals surface area contributed by atoms with Gasteiger partial charge in [-0.15, -0.1) is 11.3 Å². The van der Waals surface area contributed by atoms with Crippen molar-refractivity contribution in [2.45, 2.75) is 20.0 Å². The van der Waals surface area contributed by atoms with Crippen LogP contribution in [0.5, 0.6) is 0 Å². The number of aliphatic hydroxyl groups excluding tert-OH is 1. The van der Waals surface area contributed by atoms with Crippen molar-refractivity contribution in [1.82, 2.24) is 4.98 Å². The Morgan fingerprint density at radius 1 is 1.44 bits per heavy atom. The first-order chi connectivity index (χ1) is 7.58. The molecule has 2 aromatic rings. The number of hydrogen-bond acceptors (Lipinski definition) is 3. The molecule has 0 aliphatic heterocycles. The summed E-state index contributed by atoms with van der Waals surface area (Å²) in [4.78, 5) is 5.22. The largest absolute Gasteiger partial charge is 0.388 e. The Morgan fingerprint density at radius 3 is 2.75 bits per heavy atom. The molecule has 0 fully saturated rings. The molecule has 16 heavy (non-hydrogen) atoms. The van der Waals surface area contributed by atoms with Gasteiger partial charge in [0.15, 0.2) is 0 Å². The Balaban J connectivity index is 2.42. The molecule has 1 aromatic carbocycles. The zero-order valence-electron chi connectivity index (χ0n) is 9.07. The van der Waals surface area contributed by atoms with E-state index in [2.05, 4.69) is 40.0 Å². The second-order valence-electron chi connectivity index (χ2n) is 3.73. The summed E-state index contributed by atoms with van der Waals surface area (Å²) >= 11 is 5.06. The van der Waals surface area contributed by atoms with E-state index in [4.69, 9.17) is 0 Å². The minimum Gasteiger partial charge on any atom is -0.388 e. The highest BCUT2D eigenvalue weighted by Gasteiger charge is 2.10. The van der Waals surface area contributed by atoms with E-state index in [9.17, 15) is 5.11 Å². The third-order valence-electron chi connectivity index (χ3n) is 2.29. The van der Waals surface area contributed by atoms with Gasteiger partial charge in [0.1, 0.15) is 5.01 Å². The van der Waals surface area contributed by atoms with Crippen molar-refractivity contribution in [2.24, 2.45) is 0 Å². The minimum absolute atomic E-state index is 0.449. The van der Waals surface area contributed by atoms with E-state index < -0.39 is 6.10 Å². The molecular weight excluding hydrogens is 286 g/mol. The molecule has 0 spiro atoms. The Hall–Kier alpha value is -0.710. The summed E-state index contributed by atoms with van der Waals surface area (Å²) in [7, 11) is 0. The normalized spacial score (nSPS) is 12.8. The van der Waals surface area contributed by atoms with Crippen LogP contribution >= 0.6 is 27.3 Å². The summed E-state index contributed by atoms with van der Waals surface area (Å²) in [5.41, 5.74) is 2.28. The fraction of sp³-hybridized carbons (Fsp3) is 0.250. The van der Waals surface area contributed by atoms with E-state index in [1.165, 1.54) is 16.9 Å². The van der Waals surface area contributed by atoms with Gasteiger partial charge in [-0.1, -0.05) is 28.1 Å². The first-order valence-electron chi connectivity index (χ1n) is 4.98. The van der Waals surface area contributed by atoms with Crippen LogP contribution in [0.4, 0.5) is 0 Å². The van der Waals surface area contributed by atoms with Crippen molar-refractivity contribution >= 4 is 27.3 Å². The Labute approximate surface area is 107 Å². The van der Waals surface area contributed by atoms with Crippen LogP contribution < -0.4 is 0 Å². The minimum atomic E-state index is -0.449. The predicted molar refractivity (Wildman–Crippen MR) is 70.6 cm³/mol. The van der Waals surface area contributed by atoms with Crippen molar-refractivity contribution < 1.29 is 5.11 Å². The van der Waals surface area contributed by atoms with Gasteiger partial charge in [-0.2, -0.15) is 0 Å². The number of rotatable bonds is 2. The summed E-state index contributed by atoms with van der Waals surface area (Å²) < 4.78 is 1.04. The Kier molecular flexibility index (Phi) is 3.42. The zero-order valence-corrected chi connectivity index (χ0v) is 11.5. The number of benzene rings is 1. The van der Waals surface area contributed by atoms with Gasteiger partial charge in [-0.05, 0) is 25.5 Å². The highest BCUT2D eigenvalue weighted by Crippen LogP contribution is 2.33. The van der Waals surface area contributed by atoms with E-state index >= 15 is 0 Å². The fourth-order valence-corrected chi connectivity index (χ4v) is 3.10. The molecule has 4 heteroatoms. The number of aryl methyl sites for hydroxylation is 1. The number of aliphatic hydroxyl groups is 1. The Morgan fingerprint density at radius 2 is 2.19 bits per heavy atom. The molecule has 0 saturated heterocycles. The average molecular weight is 298 g/mol. The van der Waals surface area contributed by atoms with E-state index in [1.807, 2.05) is 6.07 Å². The van der Waals surface area contributed by atoms with Crippen LogP contribution in [0.2, 0.25) is 0 Å². The highest BCUT2D eigenvalue weighted by molar-refractivity contribution is 9.10. The molecule has 2 nitrogen and oxygen atoms in total. The van der Waals surface area contributed by atoms with Crippen molar-refractivity contribution in [2.75, 3.05) is 0 Å². The van der Waals surface area contributed by atoms with E-state index in [-0.39, 0.29) is 0 Å². The fourth-order valence-electron chi connectivity index (χ4n) is 1.40. The smallest absolute Gasteiger partial charge is 0.124 e. The van der Waals surface area contributed by atoms with Crippen LogP contribution in [0.3, 0.4) is 0 Å². The maximum atomic E-state index is 9.46. The van der Waals surface area contributed by atoms with Gasteiger partial charge >= 0.3 is 0 Å². The molecule has 1 unspecified atom stereocenters. The van der Waals surface area contributed by atoms with Crippen LogP contribution in [-0.2, 0) is 0 Å². The van der Waals surface area contributed by atoms with Crippen molar-refractivity contribution in [3.05, 3.63) is 39.3 Å². The second-order valence-corrected chi connectivity index (χ2v) is 5.64. The lowest BCUT2D eigenvalue weighted by Gasteiger charge is -2.01. The summed E-state index contributed by atoms with van der Waals surface area (Å²) in [5.74, 6) is 0.